The number of benzene rings is 2. The van der Waals surface area contributed by atoms with E-state index in [4.69, 9.17) is 4.74 Å². The molecule has 1 fully saturated rings. The lowest BCUT2D eigenvalue weighted by Gasteiger charge is -2.36. The molecule has 1 aliphatic heterocycles. The Morgan fingerprint density at radius 3 is 2.34 bits per heavy atom. The minimum absolute atomic E-state index is 0.209. The van der Waals surface area contributed by atoms with Gasteiger partial charge in [-0.05, 0) is 48.9 Å². The fourth-order valence-corrected chi connectivity index (χ4v) is 4.13. The molecule has 0 saturated carbocycles. The van der Waals surface area contributed by atoms with Crippen molar-refractivity contribution in [2.45, 2.75) is 20.3 Å². The lowest BCUT2D eigenvalue weighted by molar-refractivity contribution is -0.131. The van der Waals surface area contributed by atoms with E-state index in [-0.39, 0.29) is 11.8 Å². The van der Waals surface area contributed by atoms with E-state index in [1.54, 1.807) is 13.2 Å². The number of amides is 2. The summed E-state index contributed by atoms with van der Waals surface area (Å²) >= 11 is 3.44. The molecule has 154 valence electrons. The maximum atomic E-state index is 12.8. The Kier molecular flexibility index (Phi) is 6.79. The second-order valence-corrected chi connectivity index (χ2v) is 7.94. The van der Waals surface area contributed by atoms with Gasteiger partial charge in [-0.1, -0.05) is 22.9 Å². The molecule has 29 heavy (non-hydrogen) atoms. The second-order valence-electron chi connectivity index (χ2n) is 7.03. The molecule has 0 aliphatic carbocycles. The monoisotopic (exact) mass is 459 g/mol. The quantitative estimate of drug-likeness (QED) is 0.731. The standard InChI is InChI=1S/C22H26BrN3O3/c1-4-20(27)26-11-9-25(10-12-26)18-7-5-17(6-8-18)24-22(28)19-14-16(23)13-15(2)21(19)29-3/h5-8,13-14H,4,9-12H2,1-3H3,(H,24,28). The lowest BCUT2D eigenvalue weighted by Crippen LogP contribution is -2.48. The number of anilines is 2. The average molecular weight is 460 g/mol. The SMILES string of the molecule is CCC(=O)N1CCN(c2ccc(NC(=O)c3cc(Br)cc(C)c3OC)cc2)CC1. The molecule has 1 heterocycles. The molecule has 0 aromatic heterocycles. The summed E-state index contributed by atoms with van der Waals surface area (Å²) in [5, 5.41) is 2.94. The molecule has 1 N–H and O–H groups in total. The molecule has 2 aromatic rings. The largest absolute Gasteiger partial charge is 0.496 e. The number of nitrogens with zero attached hydrogens (tertiary/aromatic N) is 2. The molecule has 7 heteroatoms. The number of methoxy groups -OCH3 is 1. The van der Waals surface area contributed by atoms with Gasteiger partial charge in [0.2, 0.25) is 5.91 Å². The molecule has 0 bridgehead atoms. The molecule has 0 atom stereocenters. The van der Waals surface area contributed by atoms with Crippen molar-refractivity contribution in [2.24, 2.45) is 0 Å². The normalized spacial score (nSPS) is 13.9. The Bertz CT molecular complexity index is 891. The highest BCUT2D eigenvalue weighted by Gasteiger charge is 2.20. The van der Waals surface area contributed by atoms with E-state index in [0.29, 0.717) is 17.7 Å². The van der Waals surface area contributed by atoms with Crippen molar-refractivity contribution in [1.29, 1.82) is 0 Å². The molecule has 6 nitrogen and oxygen atoms in total. The smallest absolute Gasteiger partial charge is 0.259 e. The summed E-state index contributed by atoms with van der Waals surface area (Å²) in [7, 11) is 1.57. The predicted molar refractivity (Wildman–Crippen MR) is 119 cm³/mol. The van der Waals surface area contributed by atoms with Crippen LogP contribution >= 0.6 is 15.9 Å². The summed E-state index contributed by atoms with van der Waals surface area (Å²) in [6.45, 7) is 6.91. The summed E-state index contributed by atoms with van der Waals surface area (Å²) in [4.78, 5) is 28.7. The van der Waals surface area contributed by atoms with Crippen LogP contribution in [0, 0.1) is 6.92 Å². The summed E-state index contributed by atoms with van der Waals surface area (Å²) in [6, 6.07) is 11.5. The summed E-state index contributed by atoms with van der Waals surface area (Å²) in [5.41, 5.74) is 3.18. The predicted octanol–water partition coefficient (Wildman–Crippen LogP) is 4.08. The zero-order chi connectivity index (χ0) is 21.0. The number of hydrogen-bond donors (Lipinski definition) is 1. The highest BCUT2D eigenvalue weighted by molar-refractivity contribution is 9.10. The number of rotatable bonds is 5. The zero-order valence-electron chi connectivity index (χ0n) is 17.0. The molecule has 0 unspecified atom stereocenters. The van der Waals surface area contributed by atoms with Crippen LogP contribution in [0.25, 0.3) is 0 Å². The first-order chi connectivity index (χ1) is 13.9. The Hall–Kier alpha value is -2.54. The minimum Gasteiger partial charge on any atom is -0.496 e. The van der Waals surface area contributed by atoms with Gasteiger partial charge >= 0.3 is 0 Å². The third kappa shape index (κ3) is 4.90. The summed E-state index contributed by atoms with van der Waals surface area (Å²) in [5.74, 6) is 0.563. The third-order valence-corrected chi connectivity index (χ3v) is 5.57. The van der Waals surface area contributed by atoms with E-state index in [9.17, 15) is 9.59 Å². The van der Waals surface area contributed by atoms with Crippen molar-refractivity contribution in [3.8, 4) is 5.75 Å². The van der Waals surface area contributed by atoms with Gasteiger partial charge in [-0.15, -0.1) is 0 Å². The van der Waals surface area contributed by atoms with E-state index in [1.165, 1.54) is 0 Å². The summed E-state index contributed by atoms with van der Waals surface area (Å²) in [6.07, 6.45) is 0.552. The van der Waals surface area contributed by atoms with E-state index in [0.717, 1.165) is 47.6 Å². The Morgan fingerprint density at radius 2 is 1.76 bits per heavy atom. The number of ether oxygens (including phenoxy) is 1. The van der Waals surface area contributed by atoms with Gasteiger partial charge in [-0.25, -0.2) is 0 Å². The van der Waals surface area contributed by atoms with Crippen molar-refractivity contribution in [3.05, 3.63) is 52.0 Å². The van der Waals surface area contributed by atoms with Crippen LogP contribution < -0.4 is 15.0 Å². The fourth-order valence-electron chi connectivity index (χ4n) is 3.56. The van der Waals surface area contributed by atoms with Crippen molar-refractivity contribution in [1.82, 2.24) is 4.90 Å². The zero-order valence-corrected chi connectivity index (χ0v) is 18.6. The molecule has 3 rings (SSSR count). The molecular weight excluding hydrogens is 434 g/mol. The number of halogens is 1. The average Bonchev–Trinajstić information content (AvgIpc) is 2.73. The van der Waals surface area contributed by atoms with Gasteiger partial charge in [0.15, 0.2) is 0 Å². The van der Waals surface area contributed by atoms with Crippen LogP contribution in [0.2, 0.25) is 0 Å². The van der Waals surface area contributed by atoms with E-state index >= 15 is 0 Å². The maximum Gasteiger partial charge on any atom is 0.259 e. The third-order valence-electron chi connectivity index (χ3n) is 5.11. The van der Waals surface area contributed by atoms with Crippen LogP contribution in [-0.4, -0.2) is 50.0 Å². The van der Waals surface area contributed by atoms with Gasteiger partial charge in [-0.3, -0.25) is 9.59 Å². The number of piperazine rings is 1. The highest BCUT2D eigenvalue weighted by Crippen LogP contribution is 2.29. The number of carbonyl (C=O) groups excluding carboxylic acids is 2. The summed E-state index contributed by atoms with van der Waals surface area (Å²) < 4.78 is 6.24. The Balaban J connectivity index is 1.66. The first kappa shape index (κ1) is 21.2. The topological polar surface area (TPSA) is 61.9 Å². The van der Waals surface area contributed by atoms with Crippen LogP contribution in [0.1, 0.15) is 29.3 Å². The maximum absolute atomic E-state index is 12.8. The molecule has 0 spiro atoms. The first-order valence-corrected chi connectivity index (χ1v) is 10.5. The lowest BCUT2D eigenvalue weighted by atomic mass is 10.1. The van der Waals surface area contributed by atoms with Gasteiger partial charge in [0, 0.05) is 48.4 Å². The van der Waals surface area contributed by atoms with Crippen molar-refractivity contribution in [2.75, 3.05) is 43.5 Å². The van der Waals surface area contributed by atoms with Crippen LogP contribution in [0.5, 0.6) is 5.75 Å². The van der Waals surface area contributed by atoms with Crippen molar-refractivity contribution >= 4 is 39.1 Å². The van der Waals surface area contributed by atoms with Crippen LogP contribution in [0.4, 0.5) is 11.4 Å². The molecule has 0 radical (unpaired) electrons. The molecule has 2 amide bonds. The first-order valence-electron chi connectivity index (χ1n) is 9.71. The molecule has 1 saturated heterocycles. The Morgan fingerprint density at radius 1 is 1.10 bits per heavy atom. The number of hydrogen-bond acceptors (Lipinski definition) is 4. The molecule has 1 aliphatic rings. The van der Waals surface area contributed by atoms with Crippen LogP contribution in [-0.2, 0) is 4.79 Å². The van der Waals surface area contributed by atoms with E-state index < -0.39 is 0 Å². The van der Waals surface area contributed by atoms with Crippen LogP contribution in [0.15, 0.2) is 40.9 Å². The number of carbonyl (C=O) groups is 2. The second kappa shape index (κ2) is 9.31. The van der Waals surface area contributed by atoms with Crippen molar-refractivity contribution < 1.29 is 14.3 Å². The number of nitrogens with one attached hydrogen (secondary N) is 1. The fraction of sp³-hybridized carbons (Fsp3) is 0.364. The van der Waals surface area contributed by atoms with Crippen molar-refractivity contribution in [3.63, 3.8) is 0 Å². The van der Waals surface area contributed by atoms with Gasteiger partial charge in [0.05, 0.1) is 12.7 Å². The molecular formula is C22H26BrN3O3. The highest BCUT2D eigenvalue weighted by atomic mass is 79.9. The van der Waals surface area contributed by atoms with Crippen LogP contribution in [0.3, 0.4) is 0 Å². The van der Waals surface area contributed by atoms with Gasteiger partial charge in [0.25, 0.3) is 5.91 Å². The van der Waals surface area contributed by atoms with E-state index in [1.807, 2.05) is 49.1 Å². The number of aryl methyl sites for hydroxylation is 1. The minimum atomic E-state index is -0.217. The molecule has 2 aromatic carbocycles. The van der Waals surface area contributed by atoms with Gasteiger partial charge in [-0.2, -0.15) is 0 Å². The van der Waals surface area contributed by atoms with E-state index in [2.05, 4.69) is 26.1 Å². The van der Waals surface area contributed by atoms with Gasteiger partial charge < -0.3 is 19.9 Å². The van der Waals surface area contributed by atoms with Gasteiger partial charge in [0.1, 0.15) is 5.75 Å². The Labute approximate surface area is 180 Å².